The van der Waals surface area contributed by atoms with E-state index in [1.807, 2.05) is 6.92 Å². The van der Waals surface area contributed by atoms with E-state index < -0.39 is 11.5 Å². The van der Waals surface area contributed by atoms with Crippen LogP contribution >= 0.6 is 0 Å². The first-order valence-corrected chi connectivity index (χ1v) is 6.05. The van der Waals surface area contributed by atoms with Crippen LogP contribution in [0.4, 0.5) is 0 Å². The minimum absolute atomic E-state index is 0.0263. The van der Waals surface area contributed by atoms with Crippen LogP contribution in [0.1, 0.15) is 33.6 Å². The normalized spacial score (nSPS) is 11.3. The van der Waals surface area contributed by atoms with E-state index in [1.54, 1.807) is 13.8 Å². The summed E-state index contributed by atoms with van der Waals surface area (Å²) < 4.78 is 10.2. The highest BCUT2D eigenvalue weighted by atomic mass is 16.5. The number of aliphatic carboxylic acids is 1. The topological polar surface area (TPSA) is 84.9 Å². The molecule has 0 aromatic heterocycles. The summed E-state index contributed by atoms with van der Waals surface area (Å²) in [5.41, 5.74) is -0.543. The standard InChI is InChI=1S/C12H23NO5/c1-4-17-7-8-18-9-10(14)13-12(2,3)6-5-11(15)16/h4-9H2,1-3H3,(H,13,14)(H,15,16). The van der Waals surface area contributed by atoms with Crippen molar-refractivity contribution in [3.05, 3.63) is 0 Å². The lowest BCUT2D eigenvalue weighted by atomic mass is 9.98. The lowest BCUT2D eigenvalue weighted by Gasteiger charge is -2.25. The lowest BCUT2D eigenvalue weighted by Crippen LogP contribution is -2.45. The highest BCUT2D eigenvalue weighted by Gasteiger charge is 2.21. The van der Waals surface area contributed by atoms with Crippen LogP contribution in [0.2, 0.25) is 0 Å². The monoisotopic (exact) mass is 261 g/mol. The van der Waals surface area contributed by atoms with E-state index >= 15 is 0 Å². The molecular weight excluding hydrogens is 238 g/mol. The molecule has 106 valence electrons. The molecule has 0 radical (unpaired) electrons. The molecule has 0 aromatic carbocycles. The Kier molecular flexibility index (Phi) is 8.32. The van der Waals surface area contributed by atoms with Gasteiger partial charge in [-0.3, -0.25) is 9.59 Å². The maximum atomic E-state index is 11.5. The number of hydrogen-bond donors (Lipinski definition) is 2. The van der Waals surface area contributed by atoms with E-state index in [4.69, 9.17) is 14.6 Å². The summed E-state index contributed by atoms with van der Waals surface area (Å²) in [6, 6.07) is 0. The van der Waals surface area contributed by atoms with E-state index in [0.29, 0.717) is 26.2 Å². The predicted octanol–water partition coefficient (Wildman–Crippen LogP) is 0.799. The van der Waals surface area contributed by atoms with Gasteiger partial charge in [-0.25, -0.2) is 0 Å². The third-order valence-corrected chi connectivity index (χ3v) is 2.25. The summed E-state index contributed by atoms with van der Waals surface area (Å²) in [4.78, 5) is 22.0. The summed E-state index contributed by atoms with van der Waals surface area (Å²) in [6.45, 7) is 6.88. The van der Waals surface area contributed by atoms with Crippen LogP contribution < -0.4 is 5.32 Å². The summed E-state index contributed by atoms with van der Waals surface area (Å²) >= 11 is 0. The molecule has 0 aliphatic heterocycles. The highest BCUT2D eigenvalue weighted by Crippen LogP contribution is 2.10. The molecule has 0 unspecified atom stereocenters. The first-order chi connectivity index (χ1) is 8.37. The molecular formula is C12H23NO5. The molecule has 0 saturated carbocycles. The third-order valence-electron chi connectivity index (χ3n) is 2.25. The van der Waals surface area contributed by atoms with Gasteiger partial charge in [-0.2, -0.15) is 0 Å². The van der Waals surface area contributed by atoms with Gasteiger partial charge in [0.15, 0.2) is 0 Å². The van der Waals surface area contributed by atoms with Crippen molar-refractivity contribution in [2.45, 2.75) is 39.2 Å². The van der Waals surface area contributed by atoms with Gasteiger partial charge in [-0.1, -0.05) is 0 Å². The van der Waals surface area contributed by atoms with Gasteiger partial charge in [0.05, 0.1) is 13.2 Å². The molecule has 0 spiro atoms. The molecule has 0 atom stereocenters. The molecule has 18 heavy (non-hydrogen) atoms. The van der Waals surface area contributed by atoms with Gasteiger partial charge in [0, 0.05) is 18.6 Å². The van der Waals surface area contributed by atoms with Crippen LogP contribution in [-0.2, 0) is 19.1 Å². The van der Waals surface area contributed by atoms with Crippen molar-refractivity contribution in [1.29, 1.82) is 0 Å². The maximum Gasteiger partial charge on any atom is 0.303 e. The van der Waals surface area contributed by atoms with Crippen molar-refractivity contribution >= 4 is 11.9 Å². The first-order valence-electron chi connectivity index (χ1n) is 6.05. The van der Waals surface area contributed by atoms with Crippen LogP contribution in [0.5, 0.6) is 0 Å². The van der Waals surface area contributed by atoms with Crippen molar-refractivity contribution in [3.63, 3.8) is 0 Å². The van der Waals surface area contributed by atoms with Crippen LogP contribution in [0, 0.1) is 0 Å². The molecule has 1 amide bonds. The van der Waals surface area contributed by atoms with Gasteiger partial charge >= 0.3 is 5.97 Å². The van der Waals surface area contributed by atoms with Crippen molar-refractivity contribution in [2.75, 3.05) is 26.4 Å². The molecule has 0 bridgehead atoms. The zero-order chi connectivity index (χ0) is 14.0. The van der Waals surface area contributed by atoms with E-state index in [0.717, 1.165) is 0 Å². The van der Waals surface area contributed by atoms with Crippen LogP contribution in [0.25, 0.3) is 0 Å². The van der Waals surface area contributed by atoms with Crippen molar-refractivity contribution in [1.82, 2.24) is 5.32 Å². The minimum Gasteiger partial charge on any atom is -0.481 e. The summed E-state index contributed by atoms with van der Waals surface area (Å²) in [6.07, 6.45) is 0.408. The largest absolute Gasteiger partial charge is 0.481 e. The second-order valence-corrected chi connectivity index (χ2v) is 4.58. The third kappa shape index (κ3) is 10.0. The first kappa shape index (κ1) is 16.9. The fourth-order valence-corrected chi connectivity index (χ4v) is 1.32. The van der Waals surface area contributed by atoms with Gasteiger partial charge < -0.3 is 19.9 Å². The fraction of sp³-hybridized carbons (Fsp3) is 0.833. The van der Waals surface area contributed by atoms with Gasteiger partial charge in [0.2, 0.25) is 5.91 Å². The highest BCUT2D eigenvalue weighted by molar-refractivity contribution is 5.78. The molecule has 0 heterocycles. The van der Waals surface area contributed by atoms with Gasteiger partial charge in [-0.05, 0) is 27.2 Å². The number of rotatable bonds is 10. The summed E-state index contributed by atoms with van der Waals surface area (Å²) in [5, 5.41) is 11.3. The number of amides is 1. The van der Waals surface area contributed by atoms with E-state index in [9.17, 15) is 9.59 Å². The molecule has 6 nitrogen and oxygen atoms in total. The molecule has 0 aliphatic carbocycles. The number of hydrogen-bond acceptors (Lipinski definition) is 4. The number of nitrogens with one attached hydrogen (secondary N) is 1. The Morgan fingerprint density at radius 1 is 1.22 bits per heavy atom. The quantitative estimate of drug-likeness (QED) is 0.568. The molecule has 0 aromatic rings. The number of carboxylic acid groups (broad SMARTS) is 1. The molecule has 0 aliphatic rings. The average molecular weight is 261 g/mol. The number of carbonyl (C=O) groups excluding carboxylic acids is 1. The Bertz CT molecular complexity index is 265. The zero-order valence-electron chi connectivity index (χ0n) is 11.3. The Balaban J connectivity index is 3.74. The second kappa shape index (κ2) is 8.88. The van der Waals surface area contributed by atoms with Crippen LogP contribution in [0.15, 0.2) is 0 Å². The Morgan fingerprint density at radius 3 is 2.39 bits per heavy atom. The van der Waals surface area contributed by atoms with Crippen molar-refractivity contribution < 1.29 is 24.2 Å². The van der Waals surface area contributed by atoms with Crippen LogP contribution in [0.3, 0.4) is 0 Å². The molecule has 0 rings (SSSR count). The molecule has 0 fully saturated rings. The summed E-state index contributed by atoms with van der Waals surface area (Å²) in [7, 11) is 0. The lowest BCUT2D eigenvalue weighted by molar-refractivity contribution is -0.138. The number of ether oxygens (including phenoxy) is 2. The molecule has 2 N–H and O–H groups in total. The Morgan fingerprint density at radius 2 is 1.83 bits per heavy atom. The van der Waals surface area contributed by atoms with Gasteiger partial charge in [-0.15, -0.1) is 0 Å². The van der Waals surface area contributed by atoms with Crippen molar-refractivity contribution in [3.8, 4) is 0 Å². The average Bonchev–Trinajstić information content (AvgIpc) is 2.26. The van der Waals surface area contributed by atoms with E-state index in [-0.39, 0.29) is 18.9 Å². The molecule has 0 saturated heterocycles. The minimum atomic E-state index is -0.870. The number of carboxylic acids is 1. The Labute approximate surface area is 108 Å². The van der Waals surface area contributed by atoms with E-state index in [1.165, 1.54) is 0 Å². The maximum absolute atomic E-state index is 11.5. The van der Waals surface area contributed by atoms with Crippen LogP contribution in [-0.4, -0.2) is 48.9 Å². The van der Waals surface area contributed by atoms with Gasteiger partial charge in [0.1, 0.15) is 6.61 Å². The SMILES string of the molecule is CCOCCOCC(=O)NC(C)(C)CCC(=O)O. The fourth-order valence-electron chi connectivity index (χ4n) is 1.32. The smallest absolute Gasteiger partial charge is 0.303 e. The summed E-state index contributed by atoms with van der Waals surface area (Å²) in [5.74, 6) is -1.12. The molecule has 6 heteroatoms. The Hall–Kier alpha value is -1.14. The van der Waals surface area contributed by atoms with Gasteiger partial charge in [0.25, 0.3) is 0 Å². The van der Waals surface area contributed by atoms with E-state index in [2.05, 4.69) is 5.32 Å². The predicted molar refractivity (Wildman–Crippen MR) is 66.4 cm³/mol. The number of carbonyl (C=O) groups is 2. The second-order valence-electron chi connectivity index (χ2n) is 4.58. The zero-order valence-corrected chi connectivity index (χ0v) is 11.3. The van der Waals surface area contributed by atoms with Crippen molar-refractivity contribution in [2.24, 2.45) is 0 Å².